The molecule has 2 aromatic carbocycles. The highest BCUT2D eigenvalue weighted by Gasteiger charge is 2.27. The molecule has 5 nitrogen and oxygen atoms in total. The van der Waals surface area contributed by atoms with Crippen molar-refractivity contribution in [2.24, 2.45) is 0 Å². The minimum atomic E-state index is -0.503. The molecule has 2 aromatic rings. The number of rotatable bonds is 4. The summed E-state index contributed by atoms with van der Waals surface area (Å²) in [6.45, 7) is 0. The molecule has 2 atom stereocenters. The Kier molecular flexibility index (Phi) is 4.30. The van der Waals surface area contributed by atoms with Gasteiger partial charge in [0.25, 0.3) is 0 Å². The number of hydrogen-bond donors (Lipinski definition) is 2. The summed E-state index contributed by atoms with van der Waals surface area (Å²) in [6.07, 6.45) is 0.0758. The number of ether oxygens (including phenoxy) is 3. The number of nitrogens with one attached hydrogen (secondary N) is 1. The predicted molar refractivity (Wildman–Crippen MR) is 88.5 cm³/mol. The van der Waals surface area contributed by atoms with Crippen molar-refractivity contribution in [2.45, 2.75) is 18.6 Å². The van der Waals surface area contributed by atoms with Crippen LogP contribution in [0.3, 0.4) is 0 Å². The largest absolute Gasteiger partial charge is 0.493 e. The summed E-state index contributed by atoms with van der Waals surface area (Å²) in [5, 5.41) is 13.9. The molecule has 0 bridgehead atoms. The van der Waals surface area contributed by atoms with Gasteiger partial charge in [-0.3, -0.25) is 0 Å². The molecule has 2 N–H and O–H groups in total. The van der Waals surface area contributed by atoms with Crippen LogP contribution in [0.1, 0.15) is 29.7 Å². The Morgan fingerprint density at radius 1 is 1.00 bits per heavy atom. The molecule has 0 unspecified atom stereocenters. The van der Waals surface area contributed by atoms with Crippen LogP contribution in [0, 0.1) is 0 Å². The number of para-hydroxylation sites is 1. The van der Waals surface area contributed by atoms with Crippen molar-refractivity contribution in [3.05, 3.63) is 47.5 Å². The van der Waals surface area contributed by atoms with Crippen LogP contribution >= 0.6 is 0 Å². The summed E-state index contributed by atoms with van der Waals surface area (Å²) in [6, 6.07) is 11.6. The van der Waals surface area contributed by atoms with E-state index in [2.05, 4.69) is 5.32 Å². The summed E-state index contributed by atoms with van der Waals surface area (Å²) >= 11 is 0. The molecule has 0 saturated heterocycles. The normalized spacial score (nSPS) is 19.5. The zero-order valence-corrected chi connectivity index (χ0v) is 13.5. The second-order valence-corrected chi connectivity index (χ2v) is 5.49. The van der Waals surface area contributed by atoms with Crippen LogP contribution in [-0.2, 0) is 0 Å². The summed E-state index contributed by atoms with van der Waals surface area (Å²) in [5.41, 5.74) is 2.86. The third-order valence-electron chi connectivity index (χ3n) is 4.20. The number of benzene rings is 2. The quantitative estimate of drug-likeness (QED) is 0.906. The number of fused-ring (bicyclic) bond motifs is 1. The molecule has 0 aromatic heterocycles. The summed E-state index contributed by atoms with van der Waals surface area (Å²) in [7, 11) is 4.78. The van der Waals surface area contributed by atoms with Crippen molar-refractivity contribution in [3.63, 3.8) is 0 Å². The topological polar surface area (TPSA) is 60.0 Å². The lowest BCUT2D eigenvalue weighted by molar-refractivity contribution is 0.156. The highest BCUT2D eigenvalue weighted by Crippen LogP contribution is 2.44. The zero-order chi connectivity index (χ0) is 16.4. The van der Waals surface area contributed by atoms with E-state index >= 15 is 0 Å². The van der Waals surface area contributed by atoms with Crippen LogP contribution < -0.4 is 19.5 Å². The molecule has 1 aliphatic heterocycles. The molecular formula is C18H21NO4. The number of anilines is 1. The van der Waals surface area contributed by atoms with E-state index in [0.29, 0.717) is 23.7 Å². The summed E-state index contributed by atoms with van der Waals surface area (Å²) < 4.78 is 16.2. The van der Waals surface area contributed by atoms with Gasteiger partial charge in [-0.1, -0.05) is 18.2 Å². The van der Waals surface area contributed by atoms with Gasteiger partial charge in [0.1, 0.15) is 0 Å². The molecule has 0 fully saturated rings. The average Bonchev–Trinajstić information content (AvgIpc) is 2.60. The second-order valence-electron chi connectivity index (χ2n) is 5.49. The van der Waals surface area contributed by atoms with Crippen molar-refractivity contribution in [1.82, 2.24) is 0 Å². The Balaban J connectivity index is 2.00. The van der Waals surface area contributed by atoms with Crippen LogP contribution in [0.25, 0.3) is 0 Å². The van der Waals surface area contributed by atoms with Crippen molar-refractivity contribution in [3.8, 4) is 17.2 Å². The molecule has 1 aliphatic rings. The predicted octanol–water partition coefficient (Wildman–Crippen LogP) is 3.30. The number of hydrogen-bond acceptors (Lipinski definition) is 5. The lowest BCUT2D eigenvalue weighted by atomic mass is 9.91. The first-order valence-corrected chi connectivity index (χ1v) is 7.51. The molecule has 0 spiro atoms. The van der Waals surface area contributed by atoms with Gasteiger partial charge in [-0.2, -0.15) is 0 Å². The Hall–Kier alpha value is -2.40. The van der Waals surface area contributed by atoms with Gasteiger partial charge in [0.15, 0.2) is 11.5 Å². The van der Waals surface area contributed by atoms with Crippen LogP contribution in [-0.4, -0.2) is 26.4 Å². The standard InChI is InChI=1S/C18H21NO4/c1-21-16-8-11(9-17(22-2)18(16)23-3)14-10-15(20)12-6-4-5-7-13(12)19-14/h4-9,14-15,19-20H,10H2,1-3H3/t14-,15+/m0/s1. The molecule has 23 heavy (non-hydrogen) atoms. The monoisotopic (exact) mass is 315 g/mol. The molecular weight excluding hydrogens is 294 g/mol. The Morgan fingerprint density at radius 2 is 1.65 bits per heavy atom. The number of methoxy groups -OCH3 is 3. The molecule has 1 heterocycles. The maximum absolute atomic E-state index is 10.4. The van der Waals surface area contributed by atoms with E-state index in [1.165, 1.54) is 0 Å². The molecule has 122 valence electrons. The van der Waals surface area contributed by atoms with E-state index in [9.17, 15) is 5.11 Å². The Morgan fingerprint density at radius 3 is 2.26 bits per heavy atom. The van der Waals surface area contributed by atoms with E-state index in [4.69, 9.17) is 14.2 Å². The van der Waals surface area contributed by atoms with Gasteiger partial charge in [0.05, 0.1) is 33.5 Å². The van der Waals surface area contributed by atoms with Gasteiger partial charge in [-0.05, 0) is 23.8 Å². The van der Waals surface area contributed by atoms with Gasteiger partial charge in [-0.15, -0.1) is 0 Å². The maximum atomic E-state index is 10.4. The SMILES string of the molecule is COc1cc([C@@H]2C[C@@H](O)c3ccccc3N2)cc(OC)c1OC. The van der Waals surface area contributed by atoms with E-state index < -0.39 is 6.10 Å². The van der Waals surface area contributed by atoms with E-state index in [1.54, 1.807) is 21.3 Å². The fraction of sp³-hybridized carbons (Fsp3) is 0.333. The molecule has 0 saturated carbocycles. The smallest absolute Gasteiger partial charge is 0.203 e. The van der Waals surface area contributed by atoms with Gasteiger partial charge >= 0.3 is 0 Å². The van der Waals surface area contributed by atoms with E-state index in [0.717, 1.165) is 16.8 Å². The van der Waals surface area contributed by atoms with Gasteiger partial charge in [-0.25, -0.2) is 0 Å². The molecule has 0 aliphatic carbocycles. The summed E-state index contributed by atoms with van der Waals surface area (Å²) in [5.74, 6) is 1.78. The van der Waals surface area contributed by atoms with Crippen molar-refractivity contribution >= 4 is 5.69 Å². The number of aliphatic hydroxyl groups excluding tert-OH is 1. The van der Waals surface area contributed by atoms with Crippen LogP contribution in [0.2, 0.25) is 0 Å². The molecule has 0 amide bonds. The first-order valence-electron chi connectivity index (χ1n) is 7.51. The summed E-state index contributed by atoms with van der Waals surface area (Å²) in [4.78, 5) is 0. The van der Waals surface area contributed by atoms with Crippen molar-refractivity contribution in [1.29, 1.82) is 0 Å². The van der Waals surface area contributed by atoms with Crippen molar-refractivity contribution < 1.29 is 19.3 Å². The Labute approximate surface area is 135 Å². The van der Waals surface area contributed by atoms with Crippen LogP contribution in [0.15, 0.2) is 36.4 Å². The molecule has 3 rings (SSSR count). The lowest BCUT2D eigenvalue weighted by Crippen LogP contribution is -2.21. The third kappa shape index (κ3) is 2.80. The van der Waals surface area contributed by atoms with Gasteiger partial charge in [0, 0.05) is 17.7 Å². The van der Waals surface area contributed by atoms with E-state index in [-0.39, 0.29) is 6.04 Å². The first-order chi connectivity index (χ1) is 11.2. The minimum absolute atomic E-state index is 0.0337. The minimum Gasteiger partial charge on any atom is -0.493 e. The van der Waals surface area contributed by atoms with Crippen molar-refractivity contribution in [2.75, 3.05) is 26.6 Å². The second kappa shape index (κ2) is 6.38. The molecule has 0 radical (unpaired) electrons. The average molecular weight is 315 g/mol. The lowest BCUT2D eigenvalue weighted by Gasteiger charge is -2.31. The highest BCUT2D eigenvalue weighted by molar-refractivity contribution is 5.59. The third-order valence-corrected chi connectivity index (χ3v) is 4.20. The zero-order valence-electron chi connectivity index (χ0n) is 13.5. The van der Waals surface area contributed by atoms with Gasteiger partial charge in [0.2, 0.25) is 5.75 Å². The first kappa shape index (κ1) is 15.5. The van der Waals surface area contributed by atoms with Crippen LogP contribution in [0.4, 0.5) is 5.69 Å². The van der Waals surface area contributed by atoms with E-state index in [1.807, 2.05) is 36.4 Å². The highest BCUT2D eigenvalue weighted by atomic mass is 16.5. The number of aliphatic hydroxyl groups is 1. The molecule has 5 heteroatoms. The maximum Gasteiger partial charge on any atom is 0.203 e. The Bertz CT molecular complexity index is 676. The van der Waals surface area contributed by atoms with Crippen LogP contribution in [0.5, 0.6) is 17.2 Å². The fourth-order valence-corrected chi connectivity index (χ4v) is 3.04. The van der Waals surface area contributed by atoms with Gasteiger partial charge < -0.3 is 24.6 Å². The fourth-order valence-electron chi connectivity index (χ4n) is 3.04.